The molecule has 2 aromatic carbocycles. The summed E-state index contributed by atoms with van der Waals surface area (Å²) < 4.78 is 44.3. The molecule has 2 saturated heterocycles. The number of nitrogens with zero attached hydrogens (tertiary/aromatic N) is 5. The fraction of sp³-hybridized carbons (Fsp3) is 0.417. The molecule has 0 spiro atoms. The van der Waals surface area contributed by atoms with Crippen LogP contribution in [0, 0.1) is 11.0 Å². The van der Waals surface area contributed by atoms with Gasteiger partial charge in [-0.3, -0.25) is 0 Å². The van der Waals surface area contributed by atoms with Crippen molar-refractivity contribution >= 4 is 15.7 Å². The summed E-state index contributed by atoms with van der Waals surface area (Å²) >= 11 is 0. The maximum atomic E-state index is 15.1. The number of quaternary nitrogens is 1. The second kappa shape index (κ2) is 9.18. The van der Waals surface area contributed by atoms with Crippen LogP contribution in [0.4, 0.5) is 10.1 Å². The van der Waals surface area contributed by atoms with Crippen molar-refractivity contribution in [1.82, 2.24) is 23.7 Å². The summed E-state index contributed by atoms with van der Waals surface area (Å²) in [4.78, 5) is 0. The SMILES string of the molecule is O=S1(=O)C(c2ccccc2)CCCN1Cc1ccc([N+]2([O-])CCC(n3cnnc3)CC2)cc1F. The number of hydroxylamine groups is 2. The highest BCUT2D eigenvalue weighted by Gasteiger charge is 2.37. The minimum atomic E-state index is -3.61. The van der Waals surface area contributed by atoms with Crippen LogP contribution in [0.5, 0.6) is 0 Å². The highest BCUT2D eigenvalue weighted by Crippen LogP contribution is 2.36. The Balaban J connectivity index is 1.30. The molecule has 0 bridgehead atoms. The van der Waals surface area contributed by atoms with Crippen LogP contribution in [-0.4, -0.2) is 47.1 Å². The molecule has 0 aliphatic carbocycles. The Bertz CT molecular complexity index is 1230. The lowest BCUT2D eigenvalue weighted by Gasteiger charge is -2.47. The summed E-state index contributed by atoms with van der Waals surface area (Å²) in [5.41, 5.74) is 1.41. The van der Waals surface area contributed by atoms with Crippen molar-refractivity contribution < 1.29 is 12.8 Å². The second-order valence-corrected chi connectivity index (χ2v) is 11.3. The van der Waals surface area contributed by atoms with Crippen molar-refractivity contribution in [3.8, 4) is 0 Å². The topological polar surface area (TPSA) is 91.2 Å². The van der Waals surface area contributed by atoms with E-state index in [9.17, 15) is 13.6 Å². The molecule has 0 amide bonds. The zero-order valence-electron chi connectivity index (χ0n) is 18.8. The van der Waals surface area contributed by atoms with Gasteiger partial charge in [-0.2, -0.15) is 4.31 Å². The lowest BCUT2D eigenvalue weighted by Crippen LogP contribution is -2.49. The molecule has 2 aliphatic heterocycles. The molecular weight excluding hydrogens is 457 g/mol. The van der Waals surface area contributed by atoms with Crippen molar-refractivity contribution in [1.29, 1.82) is 0 Å². The van der Waals surface area contributed by atoms with E-state index >= 15 is 4.39 Å². The number of rotatable bonds is 5. The van der Waals surface area contributed by atoms with Crippen LogP contribution in [0.15, 0.2) is 61.2 Å². The standard InChI is InChI=1S/C24H28FN5O3S/c25-23-15-22(30(31)13-10-21(11-14-30)28-17-26-27-18-28)9-8-20(23)16-29-12-4-7-24(34(29,32)33)19-5-2-1-3-6-19/h1-3,5-6,8-9,15,17-18,21,24H,4,7,10-14,16H2. The van der Waals surface area contributed by atoms with Gasteiger partial charge >= 0.3 is 0 Å². The van der Waals surface area contributed by atoms with Gasteiger partial charge in [-0.25, -0.2) is 12.8 Å². The third-order valence-corrected chi connectivity index (χ3v) is 9.38. The molecule has 34 heavy (non-hydrogen) atoms. The molecule has 2 aliphatic rings. The summed E-state index contributed by atoms with van der Waals surface area (Å²) in [5.74, 6) is -0.538. The Labute approximate surface area is 198 Å². The Kier molecular flexibility index (Phi) is 6.24. The predicted molar refractivity (Wildman–Crippen MR) is 127 cm³/mol. The molecule has 8 nitrogen and oxygen atoms in total. The first-order chi connectivity index (χ1) is 16.4. The molecular formula is C24H28FN5O3S. The highest BCUT2D eigenvalue weighted by atomic mass is 32.2. The largest absolute Gasteiger partial charge is 0.627 e. The van der Waals surface area contributed by atoms with E-state index in [0.717, 1.165) is 5.56 Å². The Morgan fingerprint density at radius 2 is 1.74 bits per heavy atom. The molecule has 0 radical (unpaired) electrons. The van der Waals surface area contributed by atoms with Crippen molar-refractivity contribution in [3.63, 3.8) is 0 Å². The van der Waals surface area contributed by atoms with Gasteiger partial charge in [0, 0.05) is 43.6 Å². The normalized spacial score (nSPS) is 27.5. The van der Waals surface area contributed by atoms with Gasteiger partial charge in [0.2, 0.25) is 10.0 Å². The van der Waals surface area contributed by atoms with Gasteiger partial charge in [0.1, 0.15) is 29.4 Å². The van der Waals surface area contributed by atoms with Crippen LogP contribution in [0.1, 0.15) is 48.1 Å². The predicted octanol–water partition coefficient (Wildman–Crippen LogP) is 3.92. The number of aromatic nitrogens is 3. The third-order valence-electron chi connectivity index (χ3n) is 7.12. The minimum Gasteiger partial charge on any atom is -0.627 e. The maximum absolute atomic E-state index is 15.1. The molecule has 3 heterocycles. The number of hydrogen-bond acceptors (Lipinski definition) is 5. The van der Waals surface area contributed by atoms with Crippen molar-refractivity contribution in [2.45, 2.75) is 43.5 Å². The first kappa shape index (κ1) is 23.1. The number of sulfonamides is 1. The van der Waals surface area contributed by atoms with E-state index in [1.54, 1.807) is 24.8 Å². The van der Waals surface area contributed by atoms with Gasteiger partial charge in [0.15, 0.2) is 0 Å². The second-order valence-electron chi connectivity index (χ2n) is 9.17. The minimum absolute atomic E-state index is 0.0354. The lowest BCUT2D eigenvalue weighted by molar-refractivity contribution is 0.243. The molecule has 1 aromatic heterocycles. The first-order valence-electron chi connectivity index (χ1n) is 11.6. The fourth-order valence-electron chi connectivity index (χ4n) is 5.12. The van der Waals surface area contributed by atoms with Crippen molar-refractivity contribution in [3.05, 3.63) is 83.3 Å². The molecule has 3 aromatic rings. The van der Waals surface area contributed by atoms with E-state index in [0.29, 0.717) is 51.0 Å². The van der Waals surface area contributed by atoms with Crippen LogP contribution in [-0.2, 0) is 16.6 Å². The first-order valence-corrected chi connectivity index (χ1v) is 13.1. The molecule has 180 valence electrons. The van der Waals surface area contributed by atoms with Crippen LogP contribution in [0.2, 0.25) is 0 Å². The summed E-state index contributed by atoms with van der Waals surface area (Å²) in [5, 5.41) is 20.5. The quantitative estimate of drug-likeness (QED) is 0.404. The number of benzene rings is 2. The molecule has 2 fully saturated rings. The zero-order valence-corrected chi connectivity index (χ0v) is 19.6. The summed E-state index contributed by atoms with van der Waals surface area (Å²) in [7, 11) is -3.61. The zero-order chi connectivity index (χ0) is 23.8. The van der Waals surface area contributed by atoms with Crippen molar-refractivity contribution in [2.75, 3.05) is 19.6 Å². The Morgan fingerprint density at radius 1 is 1.03 bits per heavy atom. The van der Waals surface area contributed by atoms with Crippen LogP contribution >= 0.6 is 0 Å². The summed E-state index contributed by atoms with van der Waals surface area (Å²) in [6, 6.07) is 13.8. The van der Waals surface area contributed by atoms with Crippen LogP contribution in [0.25, 0.3) is 0 Å². The molecule has 10 heteroatoms. The van der Waals surface area contributed by atoms with E-state index in [4.69, 9.17) is 0 Å². The van der Waals surface area contributed by atoms with E-state index in [-0.39, 0.29) is 18.2 Å². The van der Waals surface area contributed by atoms with E-state index in [1.807, 2.05) is 34.9 Å². The van der Waals surface area contributed by atoms with Gasteiger partial charge in [-0.15, -0.1) is 10.2 Å². The van der Waals surface area contributed by atoms with Crippen molar-refractivity contribution in [2.24, 2.45) is 0 Å². The number of hydrogen-bond donors (Lipinski definition) is 0. The maximum Gasteiger partial charge on any atom is 0.221 e. The fourth-order valence-corrected chi connectivity index (χ4v) is 7.15. The van der Waals surface area contributed by atoms with E-state index in [1.165, 1.54) is 10.4 Å². The average molecular weight is 486 g/mol. The highest BCUT2D eigenvalue weighted by molar-refractivity contribution is 7.89. The van der Waals surface area contributed by atoms with Gasteiger partial charge in [-0.05, 0) is 30.5 Å². The van der Waals surface area contributed by atoms with E-state index < -0.39 is 25.7 Å². The lowest BCUT2D eigenvalue weighted by atomic mass is 10.0. The van der Waals surface area contributed by atoms with Gasteiger partial charge in [0.25, 0.3) is 0 Å². The summed E-state index contributed by atoms with van der Waals surface area (Å²) in [6.07, 6.45) is 5.88. The number of piperidine rings is 1. The number of halogens is 1. The molecule has 5 rings (SSSR count). The molecule has 1 unspecified atom stereocenters. The molecule has 0 N–H and O–H groups in total. The molecule has 1 atom stereocenters. The van der Waals surface area contributed by atoms with Gasteiger partial charge < -0.3 is 14.4 Å². The monoisotopic (exact) mass is 485 g/mol. The Hall–Kier alpha value is -2.66. The average Bonchev–Trinajstić information content (AvgIpc) is 3.37. The van der Waals surface area contributed by atoms with Gasteiger partial charge in [0.05, 0.1) is 13.1 Å². The summed E-state index contributed by atoms with van der Waals surface area (Å²) in [6.45, 7) is 0.993. The van der Waals surface area contributed by atoms with Gasteiger partial charge in [-0.1, -0.05) is 30.3 Å². The Morgan fingerprint density at radius 3 is 2.41 bits per heavy atom. The smallest absolute Gasteiger partial charge is 0.221 e. The molecule has 0 saturated carbocycles. The van der Waals surface area contributed by atoms with Crippen LogP contribution in [0.3, 0.4) is 0 Å². The van der Waals surface area contributed by atoms with Crippen LogP contribution < -0.4 is 4.65 Å². The third kappa shape index (κ3) is 4.38. The van der Waals surface area contributed by atoms with E-state index in [2.05, 4.69) is 10.2 Å².